The molecule has 5 rings (SSSR count). The van der Waals surface area contributed by atoms with Gasteiger partial charge in [0.25, 0.3) is 0 Å². The predicted molar refractivity (Wildman–Crippen MR) is 111 cm³/mol. The Morgan fingerprint density at radius 3 is 2.73 bits per heavy atom. The molecule has 3 heterocycles. The Bertz CT molecular complexity index is 1100. The number of ether oxygens (including phenoxy) is 4. The largest absolute Gasteiger partial charge is 0.489 e. The fourth-order valence-electron chi connectivity index (χ4n) is 4.47. The third kappa shape index (κ3) is 3.16. The van der Waals surface area contributed by atoms with Crippen LogP contribution in [-0.2, 0) is 27.4 Å². The zero-order valence-corrected chi connectivity index (χ0v) is 17.4. The summed E-state index contributed by atoms with van der Waals surface area (Å²) in [5, 5.41) is 0.849. The van der Waals surface area contributed by atoms with Crippen molar-refractivity contribution in [2.24, 2.45) is 0 Å². The summed E-state index contributed by atoms with van der Waals surface area (Å²) >= 11 is 0. The number of hydrogen-bond acceptors (Lipinski definition) is 5. The van der Waals surface area contributed by atoms with Gasteiger partial charge in [0.1, 0.15) is 24.6 Å². The molecule has 0 radical (unpaired) electrons. The second-order valence-corrected chi connectivity index (χ2v) is 8.14. The summed E-state index contributed by atoms with van der Waals surface area (Å²) in [5.41, 5.74) is 3.43. The fourth-order valence-corrected chi connectivity index (χ4v) is 4.47. The molecule has 1 saturated heterocycles. The van der Waals surface area contributed by atoms with Crippen LogP contribution in [0.15, 0.2) is 48.5 Å². The normalized spacial score (nSPS) is 21.4. The number of benzene rings is 2. The maximum Gasteiger partial charge on any atom is 0.340 e. The van der Waals surface area contributed by atoms with Gasteiger partial charge in [-0.3, -0.25) is 0 Å². The van der Waals surface area contributed by atoms with Crippen molar-refractivity contribution in [1.29, 1.82) is 0 Å². The van der Waals surface area contributed by atoms with Crippen LogP contribution in [0.5, 0.6) is 5.75 Å². The molecule has 2 aromatic carbocycles. The van der Waals surface area contributed by atoms with Crippen molar-refractivity contribution < 1.29 is 23.7 Å². The lowest BCUT2D eigenvalue weighted by molar-refractivity contribution is -0.151. The molecule has 0 unspecified atom stereocenters. The van der Waals surface area contributed by atoms with Gasteiger partial charge in [-0.05, 0) is 38.5 Å². The average molecular weight is 407 g/mol. The van der Waals surface area contributed by atoms with Gasteiger partial charge in [0.15, 0.2) is 5.79 Å². The molecule has 2 aliphatic rings. The van der Waals surface area contributed by atoms with E-state index >= 15 is 0 Å². The third-order valence-corrected chi connectivity index (χ3v) is 5.62. The lowest BCUT2D eigenvalue weighted by Gasteiger charge is -2.19. The van der Waals surface area contributed by atoms with E-state index in [1.165, 1.54) is 0 Å². The van der Waals surface area contributed by atoms with Crippen LogP contribution in [0.3, 0.4) is 0 Å². The van der Waals surface area contributed by atoms with E-state index < -0.39 is 5.79 Å². The summed E-state index contributed by atoms with van der Waals surface area (Å²) in [6.07, 6.45) is -0.415. The van der Waals surface area contributed by atoms with Crippen molar-refractivity contribution in [2.75, 3.05) is 6.61 Å². The van der Waals surface area contributed by atoms with E-state index in [4.69, 9.17) is 18.9 Å². The zero-order valence-electron chi connectivity index (χ0n) is 17.4. The second-order valence-electron chi connectivity index (χ2n) is 8.14. The summed E-state index contributed by atoms with van der Waals surface area (Å²) in [6, 6.07) is 15.9. The zero-order chi connectivity index (χ0) is 20.9. The molecule has 30 heavy (non-hydrogen) atoms. The van der Waals surface area contributed by atoms with Crippen LogP contribution in [0, 0.1) is 0 Å². The summed E-state index contributed by atoms with van der Waals surface area (Å²) in [7, 11) is 0. The quantitative estimate of drug-likeness (QED) is 0.579. The summed E-state index contributed by atoms with van der Waals surface area (Å²) in [6.45, 7) is 7.04. The smallest absolute Gasteiger partial charge is 0.340 e. The molecule has 0 N–H and O–H groups in total. The predicted octanol–water partition coefficient (Wildman–Crippen LogP) is 4.60. The van der Waals surface area contributed by atoms with Crippen LogP contribution >= 0.6 is 0 Å². The minimum atomic E-state index is -0.674. The van der Waals surface area contributed by atoms with Crippen molar-refractivity contribution in [1.82, 2.24) is 4.57 Å². The Kier molecular flexibility index (Phi) is 4.56. The van der Waals surface area contributed by atoms with E-state index in [0.717, 1.165) is 27.9 Å². The maximum absolute atomic E-state index is 12.9. The van der Waals surface area contributed by atoms with Gasteiger partial charge in [0, 0.05) is 11.5 Å². The Morgan fingerprint density at radius 2 is 1.97 bits per heavy atom. The Balaban J connectivity index is 1.55. The molecule has 156 valence electrons. The molecular weight excluding hydrogens is 382 g/mol. The van der Waals surface area contributed by atoms with Crippen LogP contribution in [-0.4, -0.2) is 29.0 Å². The van der Waals surface area contributed by atoms with Gasteiger partial charge in [0.2, 0.25) is 0 Å². The summed E-state index contributed by atoms with van der Waals surface area (Å²) in [5.74, 6) is -0.253. The molecule has 0 bridgehead atoms. The van der Waals surface area contributed by atoms with Gasteiger partial charge in [-0.25, -0.2) is 4.79 Å². The maximum atomic E-state index is 12.9. The van der Waals surface area contributed by atoms with Gasteiger partial charge in [-0.2, -0.15) is 0 Å². The molecule has 6 heteroatoms. The molecule has 2 atom stereocenters. The van der Waals surface area contributed by atoms with E-state index in [0.29, 0.717) is 25.3 Å². The first-order valence-corrected chi connectivity index (χ1v) is 10.3. The monoisotopic (exact) mass is 407 g/mol. The van der Waals surface area contributed by atoms with Crippen molar-refractivity contribution in [2.45, 2.75) is 51.9 Å². The molecular formula is C24H25NO5. The Labute approximate surface area is 175 Å². The number of fused-ring (bicyclic) bond motifs is 5. The average Bonchev–Trinajstić information content (AvgIpc) is 3.31. The van der Waals surface area contributed by atoms with Crippen molar-refractivity contribution >= 4 is 16.9 Å². The second kappa shape index (κ2) is 7.15. The van der Waals surface area contributed by atoms with Crippen molar-refractivity contribution in [3.05, 3.63) is 65.4 Å². The van der Waals surface area contributed by atoms with Crippen molar-refractivity contribution in [3.63, 3.8) is 0 Å². The first-order valence-electron chi connectivity index (χ1n) is 10.3. The topological polar surface area (TPSA) is 58.9 Å². The highest BCUT2D eigenvalue weighted by Crippen LogP contribution is 2.48. The number of carbonyl (C=O) groups excluding carboxylic acids is 1. The number of aromatic nitrogens is 1. The summed E-state index contributed by atoms with van der Waals surface area (Å²) in [4.78, 5) is 12.9. The Hall–Kier alpha value is -2.83. The minimum Gasteiger partial charge on any atom is -0.489 e. The van der Waals surface area contributed by atoms with E-state index in [2.05, 4.69) is 4.57 Å². The fraction of sp³-hybridized carbons (Fsp3) is 0.375. The first-order chi connectivity index (χ1) is 14.5. The van der Waals surface area contributed by atoms with Crippen LogP contribution in [0.1, 0.15) is 48.5 Å². The minimum absolute atomic E-state index is 0.124. The number of rotatable bonds is 5. The molecule has 0 aliphatic carbocycles. The van der Waals surface area contributed by atoms with Crippen LogP contribution < -0.4 is 4.74 Å². The van der Waals surface area contributed by atoms with Crippen molar-refractivity contribution in [3.8, 4) is 5.75 Å². The van der Waals surface area contributed by atoms with Gasteiger partial charge in [-0.15, -0.1) is 0 Å². The SMILES string of the molecule is CCOC(=O)c1c2n(c3cc(OCc4ccccc4)ccc13)C[C@H]1OC(C)(C)O[C@@H]21. The number of esters is 1. The number of hydrogen-bond donors (Lipinski definition) is 0. The summed E-state index contributed by atoms with van der Waals surface area (Å²) < 4.78 is 25.7. The van der Waals surface area contributed by atoms with Gasteiger partial charge < -0.3 is 23.5 Å². The lowest BCUT2D eigenvalue weighted by atomic mass is 10.1. The molecule has 0 spiro atoms. The number of nitrogens with zero attached hydrogens (tertiary/aromatic N) is 1. The third-order valence-electron chi connectivity index (χ3n) is 5.62. The van der Waals surface area contributed by atoms with Crippen LogP contribution in [0.2, 0.25) is 0 Å². The molecule has 1 aromatic heterocycles. The van der Waals surface area contributed by atoms with Gasteiger partial charge in [-0.1, -0.05) is 30.3 Å². The van der Waals surface area contributed by atoms with Gasteiger partial charge in [0.05, 0.1) is 29.9 Å². The Morgan fingerprint density at radius 1 is 1.17 bits per heavy atom. The molecule has 0 saturated carbocycles. The highest BCUT2D eigenvalue weighted by atomic mass is 16.8. The van der Waals surface area contributed by atoms with E-state index in [-0.39, 0.29) is 18.2 Å². The van der Waals surface area contributed by atoms with E-state index in [1.807, 2.05) is 69.3 Å². The highest BCUT2D eigenvalue weighted by Gasteiger charge is 2.50. The van der Waals surface area contributed by atoms with E-state index in [9.17, 15) is 4.79 Å². The lowest BCUT2D eigenvalue weighted by Crippen LogP contribution is -2.23. The van der Waals surface area contributed by atoms with E-state index in [1.54, 1.807) is 0 Å². The first kappa shape index (κ1) is 19.2. The highest BCUT2D eigenvalue weighted by molar-refractivity contribution is 6.06. The molecule has 6 nitrogen and oxygen atoms in total. The molecule has 2 aliphatic heterocycles. The molecule has 1 fully saturated rings. The van der Waals surface area contributed by atoms with Gasteiger partial charge >= 0.3 is 5.97 Å². The standard InChI is InChI=1S/C24H25NO5/c1-4-27-23(26)20-17-11-10-16(28-14-15-8-6-5-7-9-15)12-18(17)25-13-19-22(21(20)25)30-24(2,3)29-19/h5-12,19,22H,4,13-14H2,1-3H3/t19-,22-/m1/s1. The number of carbonyl (C=O) groups is 1. The molecule has 3 aromatic rings. The van der Waals surface area contributed by atoms with Crippen LogP contribution in [0.25, 0.3) is 10.9 Å². The molecule has 0 amide bonds. The van der Waals surface area contributed by atoms with Crippen LogP contribution in [0.4, 0.5) is 0 Å².